The molecule has 2 fully saturated rings. The fourth-order valence-electron chi connectivity index (χ4n) is 4.62. The van der Waals surface area contributed by atoms with E-state index in [1.807, 2.05) is 6.92 Å². The van der Waals surface area contributed by atoms with Crippen LogP contribution in [0.25, 0.3) is 0 Å². The second-order valence-corrected chi connectivity index (χ2v) is 10.9. The van der Waals surface area contributed by atoms with E-state index in [1.165, 1.54) is 0 Å². The molecule has 11 atom stereocenters. The average molecular weight is 627 g/mol. The van der Waals surface area contributed by atoms with E-state index in [9.17, 15) is 45.3 Å². The van der Waals surface area contributed by atoms with Gasteiger partial charge in [0, 0.05) is 12.8 Å². The van der Waals surface area contributed by atoms with Crippen LogP contribution in [-0.2, 0) is 38.0 Å². The largest absolute Gasteiger partial charge is 0.462 e. The van der Waals surface area contributed by atoms with E-state index >= 15 is 0 Å². The number of esters is 2. The molecule has 0 aliphatic carbocycles. The topological polar surface area (TPSA) is 231 Å². The average Bonchev–Trinajstić information content (AvgIpc) is 2.99. The van der Waals surface area contributed by atoms with Gasteiger partial charge in [0.15, 0.2) is 18.7 Å². The van der Waals surface area contributed by atoms with Gasteiger partial charge in [-0.05, 0) is 12.8 Å². The summed E-state index contributed by atoms with van der Waals surface area (Å²) in [4.78, 5) is 24.5. The van der Waals surface area contributed by atoms with Gasteiger partial charge in [-0.2, -0.15) is 0 Å². The first-order valence-corrected chi connectivity index (χ1v) is 15.1. The molecule has 0 spiro atoms. The Labute approximate surface area is 251 Å². The van der Waals surface area contributed by atoms with Crippen molar-refractivity contribution < 1.29 is 73.8 Å². The van der Waals surface area contributed by atoms with Crippen molar-refractivity contribution in [2.45, 2.75) is 139 Å². The Kier molecular flexibility index (Phi) is 17.3. The first kappa shape index (κ1) is 37.7. The molecule has 43 heavy (non-hydrogen) atoms. The fraction of sp³-hybridized carbons (Fsp3) is 0.929. The van der Waals surface area contributed by atoms with Crippen molar-refractivity contribution in [2.75, 3.05) is 26.4 Å². The highest BCUT2D eigenvalue weighted by Crippen LogP contribution is 2.26. The maximum absolute atomic E-state index is 12.4. The van der Waals surface area contributed by atoms with E-state index in [-0.39, 0.29) is 26.1 Å². The van der Waals surface area contributed by atoms with E-state index in [2.05, 4.69) is 6.92 Å². The lowest BCUT2D eigenvalue weighted by atomic mass is 9.98. The molecule has 2 saturated heterocycles. The van der Waals surface area contributed by atoms with Crippen LogP contribution in [0.15, 0.2) is 0 Å². The smallest absolute Gasteiger partial charge is 0.306 e. The Hall–Kier alpha value is -1.50. The Morgan fingerprint density at radius 2 is 1.19 bits per heavy atom. The number of ether oxygens (including phenoxy) is 6. The summed E-state index contributed by atoms with van der Waals surface area (Å²) in [7, 11) is 0. The Balaban J connectivity index is 1.98. The van der Waals surface area contributed by atoms with Crippen LogP contribution in [0, 0.1) is 0 Å². The molecule has 252 valence electrons. The van der Waals surface area contributed by atoms with Gasteiger partial charge in [-0.1, -0.05) is 46.0 Å². The first-order chi connectivity index (χ1) is 20.5. The second-order valence-electron chi connectivity index (χ2n) is 10.9. The maximum atomic E-state index is 12.4. The van der Waals surface area contributed by atoms with Gasteiger partial charge >= 0.3 is 11.9 Å². The minimum atomic E-state index is -1.75. The van der Waals surface area contributed by atoms with Crippen molar-refractivity contribution in [3.05, 3.63) is 0 Å². The third-order valence-corrected chi connectivity index (χ3v) is 7.34. The first-order valence-electron chi connectivity index (χ1n) is 15.1. The molecule has 0 aromatic carbocycles. The summed E-state index contributed by atoms with van der Waals surface area (Å²) in [6, 6.07) is 0. The zero-order valence-corrected chi connectivity index (χ0v) is 24.9. The molecule has 2 aliphatic rings. The van der Waals surface area contributed by atoms with Gasteiger partial charge in [0.25, 0.3) is 0 Å². The van der Waals surface area contributed by atoms with E-state index < -0.39 is 92.7 Å². The Morgan fingerprint density at radius 3 is 1.81 bits per heavy atom. The predicted octanol–water partition coefficient (Wildman–Crippen LogP) is -1.37. The quantitative estimate of drug-likeness (QED) is 0.0648. The highest BCUT2D eigenvalue weighted by Gasteiger charge is 2.47. The van der Waals surface area contributed by atoms with Gasteiger partial charge in [-0.3, -0.25) is 9.59 Å². The number of carbonyl (C=O) groups is 2. The van der Waals surface area contributed by atoms with Crippen molar-refractivity contribution >= 4 is 11.9 Å². The molecule has 2 aliphatic heterocycles. The van der Waals surface area contributed by atoms with Crippen LogP contribution < -0.4 is 0 Å². The van der Waals surface area contributed by atoms with Gasteiger partial charge in [-0.25, -0.2) is 0 Å². The fourth-order valence-corrected chi connectivity index (χ4v) is 4.62. The molecule has 0 unspecified atom stereocenters. The lowest BCUT2D eigenvalue weighted by Crippen LogP contribution is -2.61. The molecule has 0 amide bonds. The van der Waals surface area contributed by atoms with Crippen LogP contribution in [0.2, 0.25) is 0 Å². The van der Waals surface area contributed by atoms with Crippen LogP contribution in [0.3, 0.4) is 0 Å². The molecule has 0 aromatic rings. The Morgan fingerprint density at radius 1 is 0.651 bits per heavy atom. The van der Waals surface area contributed by atoms with Gasteiger partial charge in [0.1, 0.15) is 55.4 Å². The number of aliphatic hydroxyl groups excluding tert-OH is 7. The van der Waals surface area contributed by atoms with Gasteiger partial charge in [0.05, 0.1) is 19.8 Å². The second kappa shape index (κ2) is 19.8. The van der Waals surface area contributed by atoms with Crippen molar-refractivity contribution in [1.82, 2.24) is 0 Å². The number of aliphatic hydroxyl groups is 7. The standard InChI is InChI=1S/C28H50O15/c1-3-5-7-9-10-19(30)38-13-16(41-20(31)11-8-6-4-2)14-39-27-26(37)24(35)22(33)18(43-27)15-40-28-25(36)23(34)21(32)17(12-29)42-28/h16-18,21-29,32-37H,3-15H2,1-2H3/t16-,17-,18-,21+,22+,23+,24+,25-,26-,27-,28+/m1/s1. The summed E-state index contributed by atoms with van der Waals surface area (Å²) in [6.07, 6.45) is -10.5. The zero-order chi connectivity index (χ0) is 31.9. The van der Waals surface area contributed by atoms with Crippen molar-refractivity contribution in [3.63, 3.8) is 0 Å². The molecule has 0 saturated carbocycles. The molecular formula is C28H50O15. The van der Waals surface area contributed by atoms with Crippen LogP contribution in [0.1, 0.15) is 71.6 Å². The third-order valence-electron chi connectivity index (χ3n) is 7.34. The van der Waals surface area contributed by atoms with Crippen LogP contribution in [0.4, 0.5) is 0 Å². The van der Waals surface area contributed by atoms with Gasteiger partial charge < -0.3 is 64.2 Å². The molecule has 0 radical (unpaired) electrons. The molecule has 15 nitrogen and oxygen atoms in total. The highest BCUT2D eigenvalue weighted by molar-refractivity contribution is 5.70. The van der Waals surface area contributed by atoms with Crippen molar-refractivity contribution in [2.24, 2.45) is 0 Å². The SMILES string of the molecule is CCCCCCC(=O)OC[C@H](CO[C@@H]1O[C@H](CO[C@H]2O[C@H](CO)[C@H](O)[C@H](O)[C@H]2O)[C@H](O)[C@H](O)[C@H]1O)OC(=O)CCCCC. The van der Waals surface area contributed by atoms with E-state index in [0.29, 0.717) is 12.8 Å². The van der Waals surface area contributed by atoms with E-state index in [4.69, 9.17) is 28.4 Å². The minimum Gasteiger partial charge on any atom is -0.462 e. The summed E-state index contributed by atoms with van der Waals surface area (Å²) in [6.45, 7) is 2.16. The summed E-state index contributed by atoms with van der Waals surface area (Å²) < 4.78 is 32.6. The van der Waals surface area contributed by atoms with Crippen molar-refractivity contribution in [1.29, 1.82) is 0 Å². The highest BCUT2D eigenvalue weighted by atomic mass is 16.7. The monoisotopic (exact) mass is 626 g/mol. The maximum Gasteiger partial charge on any atom is 0.306 e. The summed E-state index contributed by atoms with van der Waals surface area (Å²) in [5, 5.41) is 70.7. The van der Waals surface area contributed by atoms with Crippen LogP contribution in [-0.4, -0.2) is 142 Å². The normalized spacial score (nSPS) is 33.6. The molecule has 15 heteroatoms. The number of carbonyl (C=O) groups excluding carboxylic acids is 2. The Bertz CT molecular complexity index is 798. The molecular weight excluding hydrogens is 576 g/mol. The molecule has 7 N–H and O–H groups in total. The summed E-state index contributed by atoms with van der Waals surface area (Å²) in [5.41, 5.74) is 0. The number of hydrogen-bond acceptors (Lipinski definition) is 15. The minimum absolute atomic E-state index is 0.153. The summed E-state index contributed by atoms with van der Waals surface area (Å²) >= 11 is 0. The van der Waals surface area contributed by atoms with Gasteiger partial charge in [0.2, 0.25) is 0 Å². The van der Waals surface area contributed by atoms with Crippen LogP contribution >= 0.6 is 0 Å². The van der Waals surface area contributed by atoms with E-state index in [0.717, 1.165) is 32.1 Å². The van der Waals surface area contributed by atoms with E-state index in [1.54, 1.807) is 0 Å². The number of unbranched alkanes of at least 4 members (excludes halogenated alkanes) is 5. The zero-order valence-electron chi connectivity index (χ0n) is 24.9. The van der Waals surface area contributed by atoms with Gasteiger partial charge in [-0.15, -0.1) is 0 Å². The third kappa shape index (κ3) is 12.1. The lowest BCUT2D eigenvalue weighted by Gasteiger charge is -2.42. The number of hydrogen-bond donors (Lipinski definition) is 7. The molecule has 2 rings (SSSR count). The summed E-state index contributed by atoms with van der Waals surface area (Å²) in [5.74, 6) is -0.978. The molecule has 0 aromatic heterocycles. The molecule has 0 bridgehead atoms. The van der Waals surface area contributed by atoms with Crippen LogP contribution in [0.5, 0.6) is 0 Å². The predicted molar refractivity (Wildman–Crippen MR) is 146 cm³/mol. The van der Waals surface area contributed by atoms with Crippen molar-refractivity contribution in [3.8, 4) is 0 Å². The lowest BCUT2D eigenvalue weighted by molar-refractivity contribution is -0.332. The molecule has 2 heterocycles. The number of rotatable bonds is 19.